The second kappa shape index (κ2) is 9.58. The average Bonchev–Trinajstić information content (AvgIpc) is 3.13. The van der Waals surface area contributed by atoms with Crippen LogP contribution in [0.25, 0.3) is 0 Å². The molecule has 1 aromatic heterocycles. The number of nitro groups is 2. The number of amides is 1. The summed E-state index contributed by atoms with van der Waals surface area (Å²) in [6, 6.07) is 7.18. The molecule has 11 nitrogen and oxygen atoms in total. The molecule has 1 aromatic carbocycles. The molecule has 0 saturated heterocycles. The topological polar surface area (TPSA) is 150 Å². The summed E-state index contributed by atoms with van der Waals surface area (Å²) in [6.07, 6.45) is 1.90. The Kier molecular flexibility index (Phi) is 7.34. The molecule has 32 heavy (non-hydrogen) atoms. The lowest BCUT2D eigenvalue weighted by Gasteiger charge is -2.33. The SMILES string of the molecule is CC(C)(C)CC(C)(C)c1ccc(OCC(=O)N/N=C/c2ccc([N+](=O)[O-])o2)c([N+](=O)[O-])c1. The quantitative estimate of drug-likeness (QED) is 0.342. The summed E-state index contributed by atoms with van der Waals surface area (Å²) in [5.41, 5.74) is 2.46. The van der Waals surface area contributed by atoms with Gasteiger partial charge in [0.15, 0.2) is 18.1 Å². The van der Waals surface area contributed by atoms with Crippen LogP contribution in [0, 0.1) is 25.6 Å². The number of carbonyl (C=O) groups excluding carboxylic acids is 1. The first-order valence-corrected chi connectivity index (χ1v) is 9.76. The predicted octanol–water partition coefficient (Wildman–Crippen LogP) is 4.34. The molecule has 0 aliphatic rings. The second-order valence-electron chi connectivity index (χ2n) is 9.08. The minimum atomic E-state index is -0.702. The number of benzene rings is 1. The fraction of sp³-hybridized carbons (Fsp3) is 0.429. The van der Waals surface area contributed by atoms with Gasteiger partial charge in [0.2, 0.25) is 0 Å². The van der Waals surface area contributed by atoms with Crippen LogP contribution in [0.4, 0.5) is 11.6 Å². The van der Waals surface area contributed by atoms with Gasteiger partial charge in [-0.05, 0) is 34.9 Å². The van der Waals surface area contributed by atoms with Crippen LogP contribution in [-0.2, 0) is 10.2 Å². The van der Waals surface area contributed by atoms with Crippen LogP contribution in [0.1, 0.15) is 52.4 Å². The van der Waals surface area contributed by atoms with E-state index in [9.17, 15) is 25.0 Å². The van der Waals surface area contributed by atoms with Crippen LogP contribution >= 0.6 is 0 Å². The van der Waals surface area contributed by atoms with Gasteiger partial charge in [0.25, 0.3) is 5.91 Å². The fourth-order valence-electron chi connectivity index (χ4n) is 3.48. The standard InChI is InChI=1S/C21H26N4O7/c1-20(2,3)13-21(4,5)14-6-8-17(16(10-14)24(27)28)31-12-18(26)23-22-11-15-7-9-19(32-15)25(29)30/h6-11H,12-13H2,1-5H3,(H,23,26)/b22-11+. The van der Waals surface area contributed by atoms with Crippen molar-refractivity contribution in [1.29, 1.82) is 0 Å². The largest absolute Gasteiger partial charge is 0.477 e. The molecule has 0 saturated carbocycles. The molecule has 0 aliphatic heterocycles. The van der Waals surface area contributed by atoms with Crippen LogP contribution < -0.4 is 10.2 Å². The third kappa shape index (κ3) is 6.89. The number of furan rings is 1. The van der Waals surface area contributed by atoms with Crippen molar-refractivity contribution in [2.45, 2.75) is 46.5 Å². The molecule has 2 aromatic rings. The van der Waals surface area contributed by atoms with E-state index in [1.165, 1.54) is 18.2 Å². The maximum absolute atomic E-state index is 11.9. The highest BCUT2D eigenvalue weighted by atomic mass is 16.6. The van der Waals surface area contributed by atoms with Crippen LogP contribution in [0.5, 0.6) is 5.75 Å². The van der Waals surface area contributed by atoms with Gasteiger partial charge in [-0.15, -0.1) is 0 Å². The third-order valence-electron chi connectivity index (χ3n) is 4.44. The zero-order chi connectivity index (χ0) is 24.1. The molecule has 1 amide bonds. The molecule has 0 fully saturated rings. The van der Waals surface area contributed by atoms with Crippen molar-refractivity contribution < 1.29 is 23.8 Å². The van der Waals surface area contributed by atoms with Gasteiger partial charge in [-0.3, -0.25) is 25.0 Å². The molecule has 0 radical (unpaired) electrons. The summed E-state index contributed by atoms with van der Waals surface area (Å²) in [7, 11) is 0. The molecule has 2 rings (SSSR count). The van der Waals surface area contributed by atoms with Crippen molar-refractivity contribution in [3.05, 3.63) is 61.9 Å². The first-order valence-electron chi connectivity index (χ1n) is 9.76. The normalized spacial score (nSPS) is 12.0. The Morgan fingerprint density at radius 1 is 1.12 bits per heavy atom. The van der Waals surface area contributed by atoms with Gasteiger partial charge in [0.05, 0.1) is 17.2 Å². The number of nitro benzene ring substituents is 1. The number of rotatable bonds is 9. The summed E-state index contributed by atoms with van der Waals surface area (Å²) in [4.78, 5) is 32.8. The van der Waals surface area contributed by atoms with Gasteiger partial charge in [-0.2, -0.15) is 5.10 Å². The van der Waals surface area contributed by atoms with Gasteiger partial charge in [0, 0.05) is 6.07 Å². The number of nitrogens with one attached hydrogen (secondary N) is 1. The molecular formula is C21H26N4O7. The van der Waals surface area contributed by atoms with Gasteiger partial charge >= 0.3 is 11.6 Å². The van der Waals surface area contributed by atoms with E-state index in [1.807, 2.05) is 13.8 Å². The Labute approximate surface area is 184 Å². The van der Waals surface area contributed by atoms with Crippen LogP contribution in [0.3, 0.4) is 0 Å². The summed E-state index contributed by atoms with van der Waals surface area (Å²) in [5, 5.41) is 25.7. The maximum Gasteiger partial charge on any atom is 0.433 e. The van der Waals surface area contributed by atoms with Crippen LogP contribution in [0.2, 0.25) is 0 Å². The van der Waals surface area contributed by atoms with Gasteiger partial charge in [0.1, 0.15) is 4.92 Å². The van der Waals surface area contributed by atoms with E-state index in [1.54, 1.807) is 6.07 Å². The van der Waals surface area contributed by atoms with E-state index in [0.717, 1.165) is 24.3 Å². The Balaban J connectivity index is 2.03. The molecule has 0 unspecified atom stereocenters. The highest BCUT2D eigenvalue weighted by Gasteiger charge is 2.29. The smallest absolute Gasteiger partial charge is 0.433 e. The molecule has 0 bridgehead atoms. The zero-order valence-corrected chi connectivity index (χ0v) is 18.6. The van der Waals surface area contributed by atoms with Crippen molar-refractivity contribution in [2.75, 3.05) is 6.61 Å². The summed E-state index contributed by atoms with van der Waals surface area (Å²) in [5.74, 6) is -1.09. The van der Waals surface area contributed by atoms with Crippen molar-refractivity contribution >= 4 is 23.7 Å². The van der Waals surface area contributed by atoms with Crippen LogP contribution in [-0.4, -0.2) is 28.6 Å². The van der Waals surface area contributed by atoms with E-state index in [4.69, 9.17) is 9.15 Å². The number of carbonyl (C=O) groups is 1. The molecule has 0 aliphatic carbocycles. The van der Waals surface area contributed by atoms with E-state index < -0.39 is 28.2 Å². The van der Waals surface area contributed by atoms with Gasteiger partial charge < -0.3 is 9.15 Å². The van der Waals surface area contributed by atoms with Crippen molar-refractivity contribution in [2.24, 2.45) is 10.5 Å². The molecule has 1 N–H and O–H groups in total. The maximum atomic E-state index is 11.9. The first kappa shape index (κ1) is 24.5. The lowest BCUT2D eigenvalue weighted by atomic mass is 9.72. The van der Waals surface area contributed by atoms with E-state index in [-0.39, 0.29) is 28.0 Å². The van der Waals surface area contributed by atoms with Gasteiger partial charge in [-0.1, -0.05) is 40.7 Å². The highest BCUT2D eigenvalue weighted by Crippen LogP contribution is 2.39. The molecule has 11 heteroatoms. The molecule has 1 heterocycles. The lowest BCUT2D eigenvalue weighted by molar-refractivity contribution is -0.402. The Bertz CT molecular complexity index is 1040. The lowest BCUT2D eigenvalue weighted by Crippen LogP contribution is -2.26. The number of hydrazone groups is 1. The summed E-state index contributed by atoms with van der Waals surface area (Å²) in [6.45, 7) is 9.85. The molecule has 0 spiro atoms. The number of nitrogens with zero attached hydrogens (tertiary/aromatic N) is 3. The zero-order valence-electron chi connectivity index (χ0n) is 18.6. The second-order valence-corrected chi connectivity index (χ2v) is 9.08. The summed E-state index contributed by atoms with van der Waals surface area (Å²) >= 11 is 0. The fourth-order valence-corrected chi connectivity index (χ4v) is 3.48. The van der Waals surface area contributed by atoms with Crippen LogP contribution in [0.15, 0.2) is 39.9 Å². The molecule has 0 atom stereocenters. The van der Waals surface area contributed by atoms with Crippen molar-refractivity contribution in [1.82, 2.24) is 5.43 Å². The van der Waals surface area contributed by atoms with Crippen molar-refractivity contribution in [3.8, 4) is 5.75 Å². The number of hydrogen-bond acceptors (Lipinski definition) is 8. The molecule has 172 valence electrons. The number of hydrogen-bond donors (Lipinski definition) is 1. The predicted molar refractivity (Wildman–Crippen MR) is 117 cm³/mol. The Hall–Kier alpha value is -3.76. The first-order chi connectivity index (χ1) is 14.8. The molecular weight excluding hydrogens is 420 g/mol. The van der Waals surface area contributed by atoms with E-state index >= 15 is 0 Å². The van der Waals surface area contributed by atoms with E-state index in [0.29, 0.717) is 0 Å². The van der Waals surface area contributed by atoms with Crippen molar-refractivity contribution in [3.63, 3.8) is 0 Å². The Morgan fingerprint density at radius 2 is 1.81 bits per heavy atom. The minimum absolute atomic E-state index is 0.0343. The monoisotopic (exact) mass is 446 g/mol. The van der Waals surface area contributed by atoms with Gasteiger partial charge in [-0.25, -0.2) is 5.43 Å². The summed E-state index contributed by atoms with van der Waals surface area (Å²) < 4.78 is 10.2. The van der Waals surface area contributed by atoms with E-state index in [2.05, 4.69) is 31.3 Å². The highest BCUT2D eigenvalue weighted by molar-refractivity contribution is 5.81. The third-order valence-corrected chi connectivity index (χ3v) is 4.44. The average molecular weight is 446 g/mol. The number of ether oxygens (including phenoxy) is 1. The Morgan fingerprint density at radius 3 is 2.38 bits per heavy atom. The minimum Gasteiger partial charge on any atom is -0.477 e.